The molecule has 2 fully saturated rings. The minimum absolute atomic E-state index is 0.113. The Hall–Kier alpha value is -2.06. The number of ether oxygens (including phenoxy) is 1. The van der Waals surface area contributed by atoms with Crippen molar-refractivity contribution in [2.45, 2.75) is 87.1 Å². The lowest BCUT2D eigenvalue weighted by atomic mass is 9.93. The van der Waals surface area contributed by atoms with Crippen molar-refractivity contribution in [2.24, 2.45) is 0 Å². The summed E-state index contributed by atoms with van der Waals surface area (Å²) in [6, 6.07) is 18.8. The van der Waals surface area contributed by atoms with Crippen molar-refractivity contribution < 1.29 is 9.53 Å². The molecule has 220 valence electrons. The molecule has 1 saturated heterocycles. The second kappa shape index (κ2) is 17.0. The maximum Gasteiger partial charge on any atom is 0.221 e. The van der Waals surface area contributed by atoms with Crippen LogP contribution in [0.25, 0.3) is 0 Å². The Morgan fingerprint density at radius 1 is 0.975 bits per heavy atom. The van der Waals surface area contributed by atoms with E-state index in [4.69, 9.17) is 4.74 Å². The van der Waals surface area contributed by atoms with Gasteiger partial charge in [-0.1, -0.05) is 56.1 Å². The molecular weight excluding hydrogens is 516 g/mol. The Morgan fingerprint density at radius 2 is 1.75 bits per heavy atom. The highest BCUT2D eigenvalue weighted by Crippen LogP contribution is 2.32. The third kappa shape index (κ3) is 10.1. The fourth-order valence-corrected chi connectivity index (χ4v) is 6.70. The Labute approximate surface area is 246 Å². The molecule has 1 atom stereocenters. The van der Waals surface area contributed by atoms with Crippen LogP contribution in [0.2, 0.25) is 0 Å². The molecule has 0 radical (unpaired) electrons. The molecule has 0 spiro atoms. The average molecular weight is 567 g/mol. The molecule has 1 saturated carbocycles. The molecule has 1 unspecified atom stereocenters. The number of hydrogen-bond donors (Lipinski definition) is 2. The van der Waals surface area contributed by atoms with Crippen LogP contribution in [0.4, 0.5) is 0 Å². The molecule has 40 heavy (non-hydrogen) atoms. The van der Waals surface area contributed by atoms with Crippen LogP contribution in [-0.4, -0.2) is 74.2 Å². The van der Waals surface area contributed by atoms with Crippen LogP contribution in [0.1, 0.15) is 76.8 Å². The van der Waals surface area contributed by atoms with Gasteiger partial charge < -0.3 is 15.4 Å². The van der Waals surface area contributed by atoms with Crippen molar-refractivity contribution in [1.29, 1.82) is 0 Å². The van der Waals surface area contributed by atoms with E-state index in [2.05, 4.69) is 69.8 Å². The summed E-state index contributed by atoms with van der Waals surface area (Å²) in [5.74, 6) is 1.01. The van der Waals surface area contributed by atoms with Crippen LogP contribution in [-0.2, 0) is 4.79 Å². The van der Waals surface area contributed by atoms with Gasteiger partial charge in [-0.15, -0.1) is 0 Å². The van der Waals surface area contributed by atoms with Crippen LogP contribution >= 0.6 is 11.8 Å². The van der Waals surface area contributed by atoms with Crippen molar-refractivity contribution in [3.05, 3.63) is 54.1 Å². The van der Waals surface area contributed by atoms with E-state index in [0.717, 1.165) is 37.7 Å². The average Bonchev–Trinajstić information content (AvgIpc) is 3.00. The summed E-state index contributed by atoms with van der Waals surface area (Å²) in [4.78, 5) is 19.6. The van der Waals surface area contributed by atoms with Crippen molar-refractivity contribution in [3.8, 4) is 5.75 Å². The molecule has 1 aliphatic carbocycles. The zero-order valence-electron chi connectivity index (χ0n) is 24.7. The highest BCUT2D eigenvalue weighted by atomic mass is 32.2. The number of carbonyl (C=O) groups is 1. The maximum atomic E-state index is 11.8. The van der Waals surface area contributed by atoms with Crippen LogP contribution in [0, 0.1) is 0 Å². The van der Waals surface area contributed by atoms with E-state index < -0.39 is 0 Å². The van der Waals surface area contributed by atoms with Gasteiger partial charge in [-0.3, -0.25) is 14.6 Å². The van der Waals surface area contributed by atoms with Crippen LogP contribution in [0.3, 0.4) is 0 Å². The predicted molar refractivity (Wildman–Crippen MR) is 166 cm³/mol. The topological polar surface area (TPSA) is 56.8 Å². The smallest absolute Gasteiger partial charge is 0.221 e. The van der Waals surface area contributed by atoms with Crippen LogP contribution < -0.4 is 15.4 Å². The highest BCUT2D eigenvalue weighted by molar-refractivity contribution is 7.99. The molecule has 2 aromatic carbocycles. The van der Waals surface area contributed by atoms with Gasteiger partial charge in [0, 0.05) is 67.6 Å². The lowest BCUT2D eigenvalue weighted by Crippen LogP contribution is -2.51. The number of carbonyl (C=O) groups excluding carboxylic acids is 1. The number of amides is 1. The summed E-state index contributed by atoms with van der Waals surface area (Å²) in [5.41, 5.74) is 1.40. The Kier molecular flexibility index (Phi) is 13.1. The van der Waals surface area contributed by atoms with Crippen molar-refractivity contribution in [1.82, 2.24) is 20.4 Å². The zero-order valence-corrected chi connectivity index (χ0v) is 25.5. The van der Waals surface area contributed by atoms with Crippen LogP contribution in [0.5, 0.6) is 5.75 Å². The van der Waals surface area contributed by atoms with E-state index in [1.165, 1.54) is 73.6 Å². The highest BCUT2D eigenvalue weighted by Gasteiger charge is 2.27. The maximum absolute atomic E-state index is 11.8. The molecule has 2 N–H and O–H groups in total. The minimum atomic E-state index is 0.113. The van der Waals surface area contributed by atoms with Crippen molar-refractivity contribution in [3.63, 3.8) is 0 Å². The second-order valence-corrected chi connectivity index (χ2v) is 12.3. The fraction of sp³-hybridized carbons (Fsp3) is 0.606. The molecule has 1 aliphatic heterocycles. The number of rotatable bonds is 15. The number of nitrogens with one attached hydrogen (secondary N) is 2. The van der Waals surface area contributed by atoms with E-state index >= 15 is 0 Å². The lowest BCUT2D eigenvalue weighted by Gasteiger charge is -2.42. The summed E-state index contributed by atoms with van der Waals surface area (Å²) in [6.07, 6.45) is 9.45. The van der Waals surface area contributed by atoms with Gasteiger partial charge in [-0.25, -0.2) is 0 Å². The van der Waals surface area contributed by atoms with Crippen molar-refractivity contribution >= 4 is 17.7 Å². The van der Waals surface area contributed by atoms with E-state index in [1.807, 2.05) is 13.0 Å². The van der Waals surface area contributed by atoms with E-state index in [9.17, 15) is 4.79 Å². The lowest BCUT2D eigenvalue weighted by molar-refractivity contribution is -0.121. The zero-order chi connectivity index (χ0) is 28.0. The SMILES string of the molecule is CCNCCC(=O)NCCCCOc1cccc(Sc2ccc(C(C)N3CCN(C4CCCCC4)CC3)cc2)c1. The molecule has 2 aliphatic rings. The van der Waals surface area contributed by atoms with Gasteiger partial charge >= 0.3 is 0 Å². The number of nitrogens with zero attached hydrogens (tertiary/aromatic N) is 2. The molecular formula is C33H50N4O2S. The Balaban J connectivity index is 1.15. The summed E-state index contributed by atoms with van der Waals surface area (Å²) < 4.78 is 5.99. The molecule has 0 bridgehead atoms. The largest absolute Gasteiger partial charge is 0.494 e. The molecule has 7 heteroatoms. The number of unbranched alkanes of at least 4 members (excludes halogenated alkanes) is 1. The first-order chi connectivity index (χ1) is 19.6. The first kappa shape index (κ1) is 30.9. The summed E-state index contributed by atoms with van der Waals surface area (Å²) in [6.45, 7) is 12.2. The molecule has 0 aromatic heterocycles. The standard InChI is InChI=1S/C33H50N4O2S/c1-3-34-20-18-33(38)35-19-7-8-25-39-30-12-9-13-32(26-30)40-31-16-14-28(15-17-31)27(2)36-21-23-37(24-22-36)29-10-5-4-6-11-29/h9,12-17,26-27,29,34H,3-8,10-11,18-25H2,1-2H3,(H,35,38). The van der Waals surface area contributed by atoms with Gasteiger partial charge in [0.2, 0.25) is 5.91 Å². The first-order valence-electron chi connectivity index (χ1n) is 15.6. The van der Waals surface area contributed by atoms with E-state index in [-0.39, 0.29) is 5.91 Å². The normalized spacial score (nSPS) is 17.9. The molecule has 1 heterocycles. The third-order valence-corrected chi connectivity index (χ3v) is 9.33. The molecule has 4 rings (SSSR count). The molecule has 6 nitrogen and oxygen atoms in total. The fourth-order valence-electron chi connectivity index (χ4n) is 5.84. The summed E-state index contributed by atoms with van der Waals surface area (Å²) >= 11 is 1.78. The van der Waals surface area contributed by atoms with Gasteiger partial charge in [0.05, 0.1) is 6.61 Å². The van der Waals surface area contributed by atoms with Gasteiger partial charge in [0.15, 0.2) is 0 Å². The monoisotopic (exact) mass is 566 g/mol. The van der Waals surface area contributed by atoms with Gasteiger partial charge in [0.25, 0.3) is 0 Å². The first-order valence-corrected chi connectivity index (χ1v) is 16.4. The third-order valence-electron chi connectivity index (χ3n) is 8.33. The van der Waals surface area contributed by atoms with Gasteiger partial charge in [0.1, 0.15) is 5.75 Å². The van der Waals surface area contributed by atoms with Crippen LogP contribution in [0.15, 0.2) is 58.3 Å². The Morgan fingerprint density at radius 3 is 2.50 bits per heavy atom. The quantitative estimate of drug-likeness (QED) is 0.253. The second-order valence-electron chi connectivity index (χ2n) is 11.2. The summed E-state index contributed by atoms with van der Waals surface area (Å²) in [5, 5.41) is 6.15. The Bertz CT molecular complexity index is 1000. The number of benzene rings is 2. The number of hydrogen-bond acceptors (Lipinski definition) is 6. The van der Waals surface area contributed by atoms with Gasteiger partial charge in [-0.05, 0) is 75.0 Å². The predicted octanol–water partition coefficient (Wildman–Crippen LogP) is 6.12. The van der Waals surface area contributed by atoms with Gasteiger partial charge in [-0.2, -0.15) is 0 Å². The minimum Gasteiger partial charge on any atom is -0.494 e. The summed E-state index contributed by atoms with van der Waals surface area (Å²) in [7, 11) is 0. The van der Waals surface area contributed by atoms with Crippen molar-refractivity contribution in [2.75, 3.05) is 52.4 Å². The van der Waals surface area contributed by atoms with E-state index in [1.54, 1.807) is 11.8 Å². The molecule has 2 aromatic rings. The number of piperazine rings is 1. The molecule has 1 amide bonds. The van der Waals surface area contributed by atoms with E-state index in [0.29, 0.717) is 25.6 Å².